The SMILES string of the molecule is COc1cccc(COc2ccc3ncccc3c2N)c1. The molecule has 0 saturated heterocycles. The average Bonchev–Trinajstić information content (AvgIpc) is 2.55. The van der Waals surface area contributed by atoms with Gasteiger partial charge in [0.25, 0.3) is 0 Å². The molecule has 0 spiro atoms. The molecule has 0 aliphatic carbocycles. The molecule has 0 fully saturated rings. The van der Waals surface area contributed by atoms with E-state index in [0.717, 1.165) is 22.2 Å². The number of nitrogens with two attached hydrogens (primary N) is 1. The number of methoxy groups -OCH3 is 1. The van der Waals surface area contributed by atoms with Crippen LogP contribution in [0.1, 0.15) is 5.56 Å². The second-order valence-corrected chi connectivity index (χ2v) is 4.69. The van der Waals surface area contributed by atoms with Crippen LogP contribution in [-0.2, 0) is 6.61 Å². The van der Waals surface area contributed by atoms with Gasteiger partial charge in [0.05, 0.1) is 18.3 Å². The minimum Gasteiger partial charge on any atom is -0.497 e. The molecule has 1 heterocycles. The Morgan fingerprint density at radius 2 is 2.00 bits per heavy atom. The lowest BCUT2D eigenvalue weighted by molar-refractivity contribution is 0.307. The van der Waals surface area contributed by atoms with Crippen molar-refractivity contribution in [3.8, 4) is 11.5 Å². The summed E-state index contributed by atoms with van der Waals surface area (Å²) in [6.45, 7) is 0.438. The molecule has 0 saturated carbocycles. The van der Waals surface area contributed by atoms with E-state index >= 15 is 0 Å². The van der Waals surface area contributed by atoms with Gasteiger partial charge in [-0.15, -0.1) is 0 Å². The fourth-order valence-corrected chi connectivity index (χ4v) is 2.20. The maximum atomic E-state index is 6.15. The zero-order chi connectivity index (χ0) is 14.7. The summed E-state index contributed by atoms with van der Waals surface area (Å²) < 4.78 is 11.0. The van der Waals surface area contributed by atoms with Crippen molar-refractivity contribution >= 4 is 16.6 Å². The minimum atomic E-state index is 0.438. The normalized spacial score (nSPS) is 10.5. The highest BCUT2D eigenvalue weighted by Crippen LogP contribution is 2.30. The zero-order valence-corrected chi connectivity index (χ0v) is 11.7. The molecule has 4 nitrogen and oxygen atoms in total. The highest BCUT2D eigenvalue weighted by molar-refractivity contribution is 5.93. The van der Waals surface area contributed by atoms with E-state index in [1.54, 1.807) is 13.3 Å². The van der Waals surface area contributed by atoms with E-state index in [9.17, 15) is 0 Å². The molecule has 0 aliphatic rings. The van der Waals surface area contributed by atoms with Gasteiger partial charge in [0.1, 0.15) is 18.1 Å². The Balaban J connectivity index is 1.83. The predicted octanol–water partition coefficient (Wildman–Crippen LogP) is 3.40. The number of hydrogen-bond acceptors (Lipinski definition) is 4. The quantitative estimate of drug-likeness (QED) is 0.744. The van der Waals surface area contributed by atoms with E-state index in [1.807, 2.05) is 48.5 Å². The Bertz CT molecular complexity index is 772. The van der Waals surface area contributed by atoms with E-state index in [-0.39, 0.29) is 0 Å². The third-order valence-electron chi connectivity index (χ3n) is 3.32. The van der Waals surface area contributed by atoms with Crippen LogP contribution in [0.4, 0.5) is 5.69 Å². The zero-order valence-electron chi connectivity index (χ0n) is 11.7. The summed E-state index contributed by atoms with van der Waals surface area (Å²) in [5.74, 6) is 1.48. The number of hydrogen-bond donors (Lipinski definition) is 1. The van der Waals surface area contributed by atoms with Crippen LogP contribution in [0.3, 0.4) is 0 Å². The van der Waals surface area contributed by atoms with Crippen LogP contribution in [0.5, 0.6) is 11.5 Å². The molecule has 3 rings (SSSR count). The van der Waals surface area contributed by atoms with Crippen LogP contribution in [-0.4, -0.2) is 12.1 Å². The van der Waals surface area contributed by atoms with Crippen molar-refractivity contribution in [1.29, 1.82) is 0 Å². The van der Waals surface area contributed by atoms with E-state index in [1.165, 1.54) is 0 Å². The van der Waals surface area contributed by atoms with E-state index < -0.39 is 0 Å². The number of benzene rings is 2. The van der Waals surface area contributed by atoms with Crippen molar-refractivity contribution in [1.82, 2.24) is 4.98 Å². The summed E-state index contributed by atoms with van der Waals surface area (Å²) in [5.41, 5.74) is 8.66. The van der Waals surface area contributed by atoms with Gasteiger partial charge in [-0.2, -0.15) is 0 Å². The number of nitrogens with zero attached hydrogens (tertiary/aromatic N) is 1. The van der Waals surface area contributed by atoms with E-state index in [4.69, 9.17) is 15.2 Å². The Kier molecular flexibility index (Phi) is 3.60. The molecule has 0 unspecified atom stereocenters. The van der Waals surface area contributed by atoms with Crippen molar-refractivity contribution in [3.05, 3.63) is 60.3 Å². The summed E-state index contributed by atoms with van der Waals surface area (Å²) >= 11 is 0. The number of anilines is 1. The molecule has 0 amide bonds. The van der Waals surface area contributed by atoms with Crippen molar-refractivity contribution < 1.29 is 9.47 Å². The van der Waals surface area contributed by atoms with Gasteiger partial charge < -0.3 is 15.2 Å². The number of pyridine rings is 1. The lowest BCUT2D eigenvalue weighted by Crippen LogP contribution is -2.00. The van der Waals surface area contributed by atoms with E-state index in [2.05, 4.69) is 4.98 Å². The van der Waals surface area contributed by atoms with Gasteiger partial charge in [-0.3, -0.25) is 4.98 Å². The van der Waals surface area contributed by atoms with Crippen LogP contribution in [0.25, 0.3) is 10.9 Å². The first-order valence-electron chi connectivity index (χ1n) is 6.67. The highest BCUT2D eigenvalue weighted by atomic mass is 16.5. The number of aromatic nitrogens is 1. The smallest absolute Gasteiger partial charge is 0.143 e. The van der Waals surface area contributed by atoms with Gasteiger partial charge in [0.15, 0.2) is 0 Å². The van der Waals surface area contributed by atoms with Gasteiger partial charge in [-0.1, -0.05) is 12.1 Å². The molecule has 0 atom stereocenters. The Morgan fingerprint density at radius 3 is 2.86 bits per heavy atom. The molecule has 0 bridgehead atoms. The first-order valence-corrected chi connectivity index (χ1v) is 6.67. The summed E-state index contributed by atoms with van der Waals surface area (Å²) in [7, 11) is 1.65. The minimum absolute atomic E-state index is 0.438. The first kappa shape index (κ1) is 13.2. The van der Waals surface area contributed by atoms with Crippen molar-refractivity contribution in [2.24, 2.45) is 0 Å². The van der Waals surface area contributed by atoms with Crippen molar-refractivity contribution in [3.63, 3.8) is 0 Å². The molecule has 2 aromatic carbocycles. The standard InChI is InChI=1S/C17H16N2O2/c1-20-13-5-2-4-12(10-13)11-21-16-8-7-15-14(17(16)18)6-3-9-19-15/h2-10H,11,18H2,1H3. The summed E-state index contributed by atoms with van der Waals surface area (Å²) in [6, 6.07) is 15.3. The van der Waals surface area contributed by atoms with Crippen LogP contribution in [0.15, 0.2) is 54.7 Å². The maximum absolute atomic E-state index is 6.15. The molecule has 4 heteroatoms. The molecular weight excluding hydrogens is 264 g/mol. The third-order valence-corrected chi connectivity index (χ3v) is 3.32. The fourth-order valence-electron chi connectivity index (χ4n) is 2.20. The van der Waals surface area contributed by atoms with Gasteiger partial charge in [-0.05, 0) is 42.0 Å². The second kappa shape index (κ2) is 5.71. The topological polar surface area (TPSA) is 57.4 Å². The molecule has 21 heavy (non-hydrogen) atoms. The second-order valence-electron chi connectivity index (χ2n) is 4.69. The Labute approximate surface area is 123 Å². The molecule has 3 aromatic rings. The molecule has 106 valence electrons. The maximum Gasteiger partial charge on any atom is 0.143 e. The molecular formula is C17H16N2O2. The van der Waals surface area contributed by atoms with Crippen molar-refractivity contribution in [2.75, 3.05) is 12.8 Å². The van der Waals surface area contributed by atoms with Crippen LogP contribution >= 0.6 is 0 Å². The monoisotopic (exact) mass is 280 g/mol. The number of fused-ring (bicyclic) bond motifs is 1. The lowest BCUT2D eigenvalue weighted by atomic mass is 10.1. The molecule has 2 N–H and O–H groups in total. The van der Waals surface area contributed by atoms with Gasteiger partial charge in [-0.25, -0.2) is 0 Å². The summed E-state index contributed by atoms with van der Waals surface area (Å²) in [6.07, 6.45) is 1.75. The summed E-state index contributed by atoms with van der Waals surface area (Å²) in [4.78, 5) is 4.27. The van der Waals surface area contributed by atoms with E-state index in [0.29, 0.717) is 18.0 Å². The van der Waals surface area contributed by atoms with Gasteiger partial charge >= 0.3 is 0 Å². The summed E-state index contributed by atoms with van der Waals surface area (Å²) in [5, 5.41) is 0.903. The Hall–Kier alpha value is -2.75. The van der Waals surface area contributed by atoms with Gasteiger partial charge in [0.2, 0.25) is 0 Å². The van der Waals surface area contributed by atoms with Crippen LogP contribution < -0.4 is 15.2 Å². The number of nitrogen functional groups attached to an aromatic ring is 1. The number of rotatable bonds is 4. The molecule has 0 aliphatic heterocycles. The fraction of sp³-hybridized carbons (Fsp3) is 0.118. The number of ether oxygens (including phenoxy) is 2. The van der Waals surface area contributed by atoms with Crippen LogP contribution in [0.2, 0.25) is 0 Å². The largest absolute Gasteiger partial charge is 0.497 e. The first-order chi connectivity index (χ1) is 10.3. The van der Waals surface area contributed by atoms with Crippen LogP contribution in [0, 0.1) is 0 Å². The average molecular weight is 280 g/mol. The predicted molar refractivity (Wildman–Crippen MR) is 83.5 cm³/mol. The molecule has 0 radical (unpaired) electrons. The van der Waals surface area contributed by atoms with Gasteiger partial charge in [0, 0.05) is 11.6 Å². The lowest BCUT2D eigenvalue weighted by Gasteiger charge is -2.11. The highest BCUT2D eigenvalue weighted by Gasteiger charge is 2.06. The van der Waals surface area contributed by atoms with Crippen molar-refractivity contribution in [2.45, 2.75) is 6.61 Å². The molecule has 1 aromatic heterocycles. The third kappa shape index (κ3) is 2.74. The Morgan fingerprint density at radius 1 is 1.10 bits per heavy atom.